The molecule has 0 bridgehead atoms. The van der Waals surface area contributed by atoms with Crippen molar-refractivity contribution in [3.05, 3.63) is 132 Å². The number of aliphatic imine (C=N–C) groups is 1. The zero-order valence-corrected chi connectivity index (χ0v) is 22.2. The Morgan fingerprint density at radius 3 is 1.89 bits per heavy atom. The first-order valence-electron chi connectivity index (χ1n) is 12.4. The highest BCUT2D eigenvalue weighted by Crippen LogP contribution is 2.29. The van der Waals surface area contributed by atoms with Crippen molar-refractivity contribution in [1.82, 2.24) is 9.97 Å². The van der Waals surface area contributed by atoms with Crippen LogP contribution in [0.15, 0.2) is 137 Å². The highest BCUT2D eigenvalue weighted by Gasteiger charge is 2.46. The molecular formula is C31H24AlN3O3. The molecule has 6 rings (SSSR count). The van der Waals surface area contributed by atoms with E-state index in [1.165, 1.54) is 0 Å². The number of benzene rings is 2. The molecule has 0 N–H and O–H groups in total. The third kappa shape index (κ3) is 5.53. The summed E-state index contributed by atoms with van der Waals surface area (Å²) < 4.78 is 19.4. The fourth-order valence-electron chi connectivity index (χ4n) is 3.91. The zero-order chi connectivity index (χ0) is 26.2. The van der Waals surface area contributed by atoms with Crippen LogP contribution in [0.5, 0.6) is 11.5 Å². The van der Waals surface area contributed by atoms with Crippen molar-refractivity contribution < 1.29 is 11.4 Å². The van der Waals surface area contributed by atoms with Gasteiger partial charge in [0, 0.05) is 35.0 Å². The van der Waals surface area contributed by atoms with E-state index < -0.39 is 15.1 Å². The molecule has 0 spiro atoms. The van der Waals surface area contributed by atoms with E-state index in [1.54, 1.807) is 30.8 Å². The molecule has 0 unspecified atom stereocenters. The fraction of sp³-hybridized carbons (Fsp3) is 0.0645. The molecule has 0 saturated heterocycles. The van der Waals surface area contributed by atoms with Crippen LogP contribution in [0.4, 0.5) is 0 Å². The van der Waals surface area contributed by atoms with Crippen LogP contribution in [-0.2, 0) is 3.79 Å². The predicted octanol–water partition coefficient (Wildman–Crippen LogP) is 6.93. The summed E-state index contributed by atoms with van der Waals surface area (Å²) in [7, 11) is 0. The number of hydrogen-bond acceptors (Lipinski definition) is 6. The van der Waals surface area contributed by atoms with E-state index in [9.17, 15) is 0 Å². The van der Waals surface area contributed by atoms with Crippen LogP contribution >= 0.6 is 0 Å². The van der Waals surface area contributed by atoms with Crippen LogP contribution in [0, 0.1) is 0 Å². The second-order valence-electron chi connectivity index (χ2n) is 7.87. The first-order chi connectivity index (χ1) is 18.8. The fourth-order valence-corrected chi connectivity index (χ4v) is 5.25. The highest BCUT2D eigenvalue weighted by molar-refractivity contribution is 6.39. The maximum absolute atomic E-state index is 6.48. The van der Waals surface area contributed by atoms with Gasteiger partial charge in [0.15, 0.2) is 0 Å². The van der Waals surface area contributed by atoms with Crippen LogP contribution in [0.2, 0.25) is 0 Å². The van der Waals surface area contributed by atoms with Gasteiger partial charge in [0.25, 0.3) is 0 Å². The Hall–Kier alpha value is -4.62. The van der Waals surface area contributed by atoms with Crippen LogP contribution in [0.3, 0.4) is 0 Å². The number of rotatable bonds is 6. The van der Waals surface area contributed by atoms with Crippen molar-refractivity contribution >= 4 is 43.2 Å². The quantitative estimate of drug-likeness (QED) is 0.207. The third-order valence-corrected chi connectivity index (χ3v) is 6.89. The summed E-state index contributed by atoms with van der Waals surface area (Å²) in [6.45, 7) is 4.00. The summed E-state index contributed by atoms with van der Waals surface area (Å²) in [6, 6.07) is 19.3. The highest BCUT2D eigenvalue weighted by atomic mass is 27.3. The second-order valence-corrected chi connectivity index (χ2v) is 9.16. The first kappa shape index (κ1) is 25.0. The van der Waals surface area contributed by atoms with E-state index in [0.717, 1.165) is 27.4 Å². The molecule has 0 radical (unpaired) electrons. The van der Waals surface area contributed by atoms with Gasteiger partial charge in [-0.1, -0.05) is 50.2 Å². The van der Waals surface area contributed by atoms with Gasteiger partial charge in [-0.05, 0) is 54.6 Å². The molecule has 3 heterocycles. The Labute approximate surface area is 226 Å². The maximum atomic E-state index is 6.48. The Balaban J connectivity index is 0.00000144. The van der Waals surface area contributed by atoms with Crippen molar-refractivity contribution in [2.24, 2.45) is 4.99 Å². The Morgan fingerprint density at radius 1 is 0.684 bits per heavy atom. The molecular weight excluding hydrogens is 489 g/mol. The molecule has 38 heavy (non-hydrogen) atoms. The zero-order valence-electron chi connectivity index (χ0n) is 21.0. The van der Waals surface area contributed by atoms with E-state index in [1.807, 2.05) is 92.7 Å². The standard InChI is InChI=1S/C11H7NO.2C9H7NO.C2H6.Al/c13-10-7-2-1-5-9-6-3-4-8-12-11(9)10;2*11-8-5-1-3-7-4-2-6-10-9(7)8;1-2;/h2,4-8,13H;2*1-6,11H;1-2H3;/q;;;;+3/p-3. The molecule has 1 aliphatic heterocycles. The molecule has 0 atom stereocenters. The largest absolute Gasteiger partial charge is 1.20 e. The Kier molecular flexibility index (Phi) is 7.96. The van der Waals surface area contributed by atoms with Gasteiger partial charge in [0.2, 0.25) is 0 Å². The van der Waals surface area contributed by atoms with Crippen molar-refractivity contribution in [2.75, 3.05) is 0 Å². The van der Waals surface area contributed by atoms with Gasteiger partial charge in [-0.3, -0.25) is 15.0 Å². The lowest BCUT2D eigenvalue weighted by Crippen LogP contribution is -2.34. The Morgan fingerprint density at radius 2 is 1.26 bits per heavy atom. The molecule has 0 fully saturated rings. The van der Waals surface area contributed by atoms with E-state index in [4.69, 9.17) is 11.4 Å². The van der Waals surface area contributed by atoms with E-state index >= 15 is 0 Å². The van der Waals surface area contributed by atoms with Crippen molar-refractivity contribution in [3.63, 3.8) is 0 Å². The van der Waals surface area contributed by atoms with Gasteiger partial charge in [0.1, 0.15) is 34.0 Å². The monoisotopic (exact) mass is 513 g/mol. The number of hydrogen-bond donors (Lipinski definition) is 0. The van der Waals surface area contributed by atoms with Crippen molar-refractivity contribution in [1.29, 1.82) is 0 Å². The molecule has 2 aromatic carbocycles. The summed E-state index contributed by atoms with van der Waals surface area (Å²) >= 11 is -2.94. The molecule has 2 aliphatic rings. The average Bonchev–Trinajstić information content (AvgIpc) is 3.32. The molecule has 1 aliphatic carbocycles. The van der Waals surface area contributed by atoms with Crippen LogP contribution in [-0.4, -0.2) is 31.3 Å². The molecule has 2 aromatic heterocycles. The number of aromatic nitrogens is 2. The van der Waals surface area contributed by atoms with Gasteiger partial charge in [-0.2, -0.15) is 0 Å². The second kappa shape index (κ2) is 12.1. The molecule has 184 valence electrons. The maximum Gasteiger partial charge on any atom is 1.20 e. The minimum Gasteiger partial charge on any atom is -0.576 e. The summed E-state index contributed by atoms with van der Waals surface area (Å²) in [5.74, 6) is 1.69. The van der Waals surface area contributed by atoms with E-state index in [-0.39, 0.29) is 0 Å². The van der Waals surface area contributed by atoms with Gasteiger partial charge < -0.3 is 11.4 Å². The lowest BCUT2D eigenvalue weighted by Gasteiger charge is -2.20. The van der Waals surface area contributed by atoms with Gasteiger partial charge in [-0.25, -0.2) is 0 Å². The number of pyridine rings is 2. The van der Waals surface area contributed by atoms with Gasteiger partial charge in [-0.15, -0.1) is 11.5 Å². The van der Waals surface area contributed by atoms with E-state index in [2.05, 4.69) is 26.4 Å². The minimum atomic E-state index is -2.94. The lowest BCUT2D eigenvalue weighted by atomic mass is 10.2. The summed E-state index contributed by atoms with van der Waals surface area (Å²) in [5.41, 5.74) is 9.13. The normalized spacial score (nSPS) is 13.3. The molecule has 7 heteroatoms. The Bertz CT molecular complexity index is 1610. The number of para-hydroxylation sites is 2. The number of allylic oxidation sites excluding steroid dienone is 4. The number of nitrogens with zero attached hydrogens (tertiary/aromatic N) is 3. The smallest absolute Gasteiger partial charge is 0.576 e. The van der Waals surface area contributed by atoms with Crippen molar-refractivity contribution in [3.8, 4) is 11.5 Å². The minimum absolute atomic E-state index is 0.522. The predicted molar refractivity (Wildman–Crippen MR) is 152 cm³/mol. The van der Waals surface area contributed by atoms with Gasteiger partial charge in [0.05, 0.1) is 0 Å². The number of fused-ring (bicyclic) bond motifs is 2. The van der Waals surface area contributed by atoms with Crippen LogP contribution < -0.4 is 7.58 Å². The van der Waals surface area contributed by atoms with E-state index in [0.29, 0.717) is 23.0 Å². The topological polar surface area (TPSA) is 65.8 Å². The third-order valence-electron chi connectivity index (χ3n) is 5.55. The first-order valence-corrected chi connectivity index (χ1v) is 13.8. The molecule has 6 nitrogen and oxygen atoms in total. The molecule has 0 amide bonds. The summed E-state index contributed by atoms with van der Waals surface area (Å²) in [5, 5.41) is 1.93. The van der Waals surface area contributed by atoms with Crippen molar-refractivity contribution in [2.45, 2.75) is 13.8 Å². The molecule has 0 saturated carbocycles. The summed E-state index contributed by atoms with van der Waals surface area (Å²) in [6.07, 6.45) is 14.2. The summed E-state index contributed by atoms with van der Waals surface area (Å²) in [4.78, 5) is 13.6. The van der Waals surface area contributed by atoms with Gasteiger partial charge >= 0.3 is 15.1 Å². The average molecular weight is 514 g/mol. The molecule has 4 aromatic rings. The SMILES string of the molecule is C1=CC=NC2=C(C=1)C=C=CC=C2[O][Al]([O]c1cccc2cccnc12)[O]c1cccc2cccnc12.CC. The van der Waals surface area contributed by atoms with Crippen LogP contribution in [0.25, 0.3) is 21.8 Å². The lowest BCUT2D eigenvalue weighted by molar-refractivity contribution is 0.261. The van der Waals surface area contributed by atoms with Crippen LogP contribution in [0.1, 0.15) is 13.8 Å².